The van der Waals surface area contributed by atoms with Crippen LogP contribution in [0.15, 0.2) is 30.3 Å². The van der Waals surface area contributed by atoms with Gasteiger partial charge in [0.2, 0.25) is 0 Å². The third kappa shape index (κ3) is 3.85. The Bertz CT molecular complexity index is 578. The van der Waals surface area contributed by atoms with E-state index in [9.17, 15) is 0 Å². The van der Waals surface area contributed by atoms with Crippen molar-refractivity contribution in [3.63, 3.8) is 0 Å². The van der Waals surface area contributed by atoms with Gasteiger partial charge in [-0.15, -0.1) is 0 Å². The highest BCUT2D eigenvalue weighted by Gasteiger charge is 2.13. The fraction of sp³-hybridized carbons (Fsp3) is 0.474. The van der Waals surface area contributed by atoms with Gasteiger partial charge in [-0.3, -0.25) is 0 Å². The Morgan fingerprint density at radius 1 is 0.636 bits per heavy atom. The van der Waals surface area contributed by atoms with E-state index in [-0.39, 0.29) is 0 Å². The summed E-state index contributed by atoms with van der Waals surface area (Å²) in [6.07, 6.45) is 2.95. The number of hydrogen-bond donors (Lipinski definition) is 0. The maximum absolute atomic E-state index is 5.91. The second kappa shape index (κ2) is 8.52. The summed E-state index contributed by atoms with van der Waals surface area (Å²) in [6.45, 7) is 8.44. The zero-order valence-electron chi connectivity index (χ0n) is 13.9. The average Bonchev–Trinajstić information content (AvgIpc) is 2.56. The van der Waals surface area contributed by atoms with Gasteiger partial charge in [-0.25, -0.2) is 0 Å². The summed E-state index contributed by atoms with van der Waals surface area (Å²) in [5.41, 5.74) is 0. The molecule has 0 bridgehead atoms. The molecule has 0 saturated carbocycles. The minimum atomic E-state index is 0.701. The van der Waals surface area contributed by atoms with Crippen molar-refractivity contribution in [2.45, 2.75) is 40.0 Å². The Morgan fingerprint density at radius 2 is 1.14 bits per heavy atom. The zero-order chi connectivity index (χ0) is 15.8. The summed E-state index contributed by atoms with van der Waals surface area (Å²) in [4.78, 5) is 0. The van der Waals surface area contributed by atoms with Crippen LogP contribution >= 0.6 is 0 Å². The number of fused-ring (bicyclic) bond motifs is 1. The van der Waals surface area contributed by atoms with Crippen molar-refractivity contribution in [3.05, 3.63) is 30.3 Å². The first-order valence-electron chi connectivity index (χ1n) is 8.25. The van der Waals surface area contributed by atoms with E-state index in [1.807, 2.05) is 24.3 Å². The molecule has 22 heavy (non-hydrogen) atoms. The Morgan fingerprint density at radius 3 is 1.73 bits per heavy atom. The molecule has 0 aliphatic heterocycles. The van der Waals surface area contributed by atoms with Crippen molar-refractivity contribution in [2.75, 3.05) is 19.8 Å². The summed E-state index contributed by atoms with van der Waals surface area (Å²) in [5.74, 6) is 2.63. The maximum Gasteiger partial charge on any atom is 0.131 e. The monoisotopic (exact) mass is 302 g/mol. The van der Waals surface area contributed by atoms with Gasteiger partial charge in [0.25, 0.3) is 0 Å². The fourth-order valence-electron chi connectivity index (χ4n) is 2.32. The van der Waals surface area contributed by atoms with Crippen LogP contribution in [0.1, 0.15) is 40.0 Å². The standard InChI is InChI=1S/C19H26O3/c1-4-12-20-16-10-11-18(22-14-6-3)19-15(16)8-7-9-17(19)21-13-5-2/h7-11H,4-6,12-14H2,1-3H3. The first-order chi connectivity index (χ1) is 10.8. The molecule has 120 valence electrons. The van der Waals surface area contributed by atoms with Gasteiger partial charge in [0.1, 0.15) is 17.2 Å². The predicted octanol–water partition coefficient (Wildman–Crippen LogP) is 5.21. The molecule has 0 N–H and O–H groups in total. The van der Waals surface area contributed by atoms with Crippen LogP contribution in [0.5, 0.6) is 17.2 Å². The van der Waals surface area contributed by atoms with Crippen molar-refractivity contribution < 1.29 is 14.2 Å². The molecule has 0 atom stereocenters. The smallest absolute Gasteiger partial charge is 0.131 e. The lowest BCUT2D eigenvalue weighted by molar-refractivity contribution is 0.306. The molecule has 0 radical (unpaired) electrons. The molecule has 0 aliphatic carbocycles. The van der Waals surface area contributed by atoms with Crippen LogP contribution in [0.2, 0.25) is 0 Å². The minimum Gasteiger partial charge on any atom is -0.493 e. The summed E-state index contributed by atoms with van der Waals surface area (Å²) in [6, 6.07) is 10.1. The van der Waals surface area contributed by atoms with Gasteiger partial charge >= 0.3 is 0 Å². The largest absolute Gasteiger partial charge is 0.493 e. The Labute approximate surface area is 133 Å². The molecule has 0 spiro atoms. The quantitative estimate of drug-likeness (QED) is 0.636. The van der Waals surface area contributed by atoms with E-state index in [0.717, 1.165) is 47.3 Å². The van der Waals surface area contributed by atoms with Crippen molar-refractivity contribution in [1.29, 1.82) is 0 Å². The maximum atomic E-state index is 5.91. The molecule has 0 aromatic heterocycles. The van der Waals surface area contributed by atoms with E-state index in [1.54, 1.807) is 0 Å². The minimum absolute atomic E-state index is 0.701. The molecule has 0 amide bonds. The lowest BCUT2D eigenvalue weighted by atomic mass is 10.1. The summed E-state index contributed by atoms with van der Waals surface area (Å²) in [7, 11) is 0. The molecule has 0 saturated heterocycles. The van der Waals surface area contributed by atoms with Gasteiger partial charge in [0, 0.05) is 5.39 Å². The third-order valence-electron chi connectivity index (χ3n) is 3.31. The zero-order valence-corrected chi connectivity index (χ0v) is 13.9. The normalized spacial score (nSPS) is 10.7. The highest BCUT2D eigenvalue weighted by atomic mass is 16.5. The number of hydrogen-bond acceptors (Lipinski definition) is 3. The van der Waals surface area contributed by atoms with E-state index in [4.69, 9.17) is 14.2 Å². The van der Waals surface area contributed by atoms with Crippen molar-refractivity contribution in [3.8, 4) is 17.2 Å². The van der Waals surface area contributed by atoms with Crippen LogP contribution in [-0.2, 0) is 0 Å². The molecule has 3 heteroatoms. The van der Waals surface area contributed by atoms with Gasteiger partial charge < -0.3 is 14.2 Å². The lowest BCUT2D eigenvalue weighted by Gasteiger charge is -2.16. The van der Waals surface area contributed by atoms with Gasteiger partial charge in [-0.05, 0) is 37.5 Å². The molecule has 3 nitrogen and oxygen atoms in total. The van der Waals surface area contributed by atoms with Crippen LogP contribution in [0.4, 0.5) is 0 Å². The van der Waals surface area contributed by atoms with Crippen molar-refractivity contribution in [2.24, 2.45) is 0 Å². The Hall–Kier alpha value is -1.90. The highest BCUT2D eigenvalue weighted by molar-refractivity contribution is 5.97. The molecule has 0 aliphatic rings. The van der Waals surface area contributed by atoms with Gasteiger partial charge in [0.15, 0.2) is 0 Å². The second-order valence-electron chi connectivity index (χ2n) is 5.29. The average molecular weight is 302 g/mol. The summed E-state index contributed by atoms with van der Waals surface area (Å²) in [5, 5.41) is 2.06. The van der Waals surface area contributed by atoms with Gasteiger partial charge in [0.05, 0.1) is 25.2 Å². The number of rotatable bonds is 9. The first-order valence-corrected chi connectivity index (χ1v) is 8.25. The Kier molecular flexibility index (Phi) is 6.38. The fourth-order valence-corrected chi connectivity index (χ4v) is 2.32. The van der Waals surface area contributed by atoms with Crippen molar-refractivity contribution in [1.82, 2.24) is 0 Å². The first kappa shape index (κ1) is 16.5. The summed E-state index contributed by atoms with van der Waals surface area (Å²) >= 11 is 0. The second-order valence-corrected chi connectivity index (χ2v) is 5.29. The topological polar surface area (TPSA) is 27.7 Å². The lowest BCUT2D eigenvalue weighted by Crippen LogP contribution is -2.01. The molecule has 2 aromatic rings. The van der Waals surface area contributed by atoms with Crippen LogP contribution in [0.3, 0.4) is 0 Å². The van der Waals surface area contributed by atoms with E-state index < -0.39 is 0 Å². The van der Waals surface area contributed by atoms with E-state index in [0.29, 0.717) is 19.8 Å². The van der Waals surface area contributed by atoms with Gasteiger partial charge in [-0.1, -0.05) is 32.9 Å². The van der Waals surface area contributed by atoms with Crippen LogP contribution in [-0.4, -0.2) is 19.8 Å². The molecule has 0 heterocycles. The SMILES string of the molecule is CCCOc1ccc(OCCC)c2c(OCCC)cccc12. The molecule has 2 rings (SSSR count). The summed E-state index contributed by atoms with van der Waals surface area (Å²) < 4.78 is 17.7. The molecule has 2 aromatic carbocycles. The van der Waals surface area contributed by atoms with E-state index >= 15 is 0 Å². The van der Waals surface area contributed by atoms with Crippen molar-refractivity contribution >= 4 is 10.8 Å². The van der Waals surface area contributed by atoms with Crippen LogP contribution < -0.4 is 14.2 Å². The van der Waals surface area contributed by atoms with E-state index in [2.05, 4.69) is 26.8 Å². The molecular weight excluding hydrogens is 276 g/mol. The number of benzene rings is 2. The highest BCUT2D eigenvalue weighted by Crippen LogP contribution is 2.39. The van der Waals surface area contributed by atoms with E-state index in [1.165, 1.54) is 0 Å². The Balaban J connectivity index is 2.48. The number of ether oxygens (including phenoxy) is 3. The predicted molar refractivity (Wildman–Crippen MR) is 91.3 cm³/mol. The van der Waals surface area contributed by atoms with Gasteiger partial charge in [-0.2, -0.15) is 0 Å². The van der Waals surface area contributed by atoms with Crippen LogP contribution in [0.25, 0.3) is 10.8 Å². The molecule has 0 unspecified atom stereocenters. The van der Waals surface area contributed by atoms with Crippen LogP contribution in [0, 0.1) is 0 Å². The molecular formula is C19H26O3. The third-order valence-corrected chi connectivity index (χ3v) is 3.31. The molecule has 0 fully saturated rings.